The number of hydrogen-bond acceptors (Lipinski definition) is 4. The largest absolute Gasteiger partial charge is 0.494 e. The second-order valence-corrected chi connectivity index (χ2v) is 7.05. The van der Waals surface area contributed by atoms with Crippen LogP contribution < -0.4 is 10.1 Å². The molecule has 1 unspecified atom stereocenters. The average molecular weight is 311 g/mol. The fraction of sp³-hybridized carbons (Fsp3) is 0.625. The first-order valence-electron chi connectivity index (χ1n) is 7.53. The minimum Gasteiger partial charge on any atom is -0.494 e. The van der Waals surface area contributed by atoms with Crippen LogP contribution in [0, 0.1) is 5.82 Å². The Hall–Kier alpha value is -0.940. The lowest BCUT2D eigenvalue weighted by Crippen LogP contribution is -2.46. The van der Waals surface area contributed by atoms with Crippen LogP contribution in [0.4, 0.5) is 10.1 Å². The molecule has 0 bridgehead atoms. The zero-order valence-electron chi connectivity index (χ0n) is 12.4. The molecule has 2 heterocycles. The molecule has 116 valence electrons. The SMILES string of the molecule is COc1cc(F)ccc1NC1CCOC2(CCSCC2)C1. The highest BCUT2D eigenvalue weighted by atomic mass is 32.2. The van der Waals surface area contributed by atoms with E-state index >= 15 is 0 Å². The molecule has 0 amide bonds. The van der Waals surface area contributed by atoms with E-state index in [1.807, 2.05) is 11.8 Å². The number of methoxy groups -OCH3 is 1. The van der Waals surface area contributed by atoms with Crippen LogP contribution in [0.1, 0.15) is 25.7 Å². The second kappa shape index (κ2) is 6.44. The van der Waals surface area contributed by atoms with Gasteiger partial charge in [-0.3, -0.25) is 0 Å². The van der Waals surface area contributed by atoms with Gasteiger partial charge in [-0.2, -0.15) is 11.8 Å². The maximum Gasteiger partial charge on any atom is 0.144 e. The smallest absolute Gasteiger partial charge is 0.144 e. The Kier molecular flexibility index (Phi) is 4.60. The highest BCUT2D eigenvalue weighted by Crippen LogP contribution is 2.39. The van der Waals surface area contributed by atoms with E-state index in [9.17, 15) is 4.39 Å². The Morgan fingerprint density at radius 3 is 2.95 bits per heavy atom. The lowest BCUT2D eigenvalue weighted by atomic mass is 9.85. The number of halogens is 1. The molecule has 5 heteroatoms. The van der Waals surface area contributed by atoms with Gasteiger partial charge in [-0.05, 0) is 49.3 Å². The molecule has 0 saturated carbocycles. The number of benzene rings is 1. The number of rotatable bonds is 3. The van der Waals surface area contributed by atoms with Gasteiger partial charge in [0.2, 0.25) is 0 Å². The molecule has 1 spiro atoms. The molecule has 1 aromatic carbocycles. The molecule has 0 radical (unpaired) electrons. The minimum absolute atomic E-state index is 0.0500. The summed E-state index contributed by atoms with van der Waals surface area (Å²) in [4.78, 5) is 0. The molecule has 1 atom stereocenters. The summed E-state index contributed by atoms with van der Waals surface area (Å²) in [5.41, 5.74) is 0.917. The summed E-state index contributed by atoms with van der Waals surface area (Å²) in [5.74, 6) is 2.67. The monoisotopic (exact) mass is 311 g/mol. The first kappa shape index (κ1) is 15.0. The molecule has 21 heavy (non-hydrogen) atoms. The van der Waals surface area contributed by atoms with Crippen LogP contribution in [-0.4, -0.2) is 36.9 Å². The van der Waals surface area contributed by atoms with Crippen molar-refractivity contribution in [3.8, 4) is 5.75 Å². The third kappa shape index (κ3) is 3.46. The number of anilines is 1. The summed E-state index contributed by atoms with van der Waals surface area (Å²) in [6.45, 7) is 0.797. The van der Waals surface area contributed by atoms with Crippen molar-refractivity contribution in [3.05, 3.63) is 24.0 Å². The van der Waals surface area contributed by atoms with Crippen LogP contribution in [0.25, 0.3) is 0 Å². The highest BCUT2D eigenvalue weighted by molar-refractivity contribution is 7.99. The molecule has 3 nitrogen and oxygen atoms in total. The van der Waals surface area contributed by atoms with E-state index in [2.05, 4.69) is 5.32 Å². The van der Waals surface area contributed by atoms with Crippen molar-refractivity contribution in [1.82, 2.24) is 0 Å². The highest BCUT2D eigenvalue weighted by Gasteiger charge is 2.38. The number of nitrogens with one attached hydrogen (secondary N) is 1. The van der Waals surface area contributed by atoms with Crippen molar-refractivity contribution in [3.63, 3.8) is 0 Å². The molecular weight excluding hydrogens is 289 g/mol. The number of ether oxygens (including phenoxy) is 2. The maximum absolute atomic E-state index is 13.3. The Morgan fingerprint density at radius 2 is 2.19 bits per heavy atom. The zero-order chi connectivity index (χ0) is 14.7. The van der Waals surface area contributed by atoms with Crippen LogP contribution in [0.2, 0.25) is 0 Å². The van der Waals surface area contributed by atoms with Gasteiger partial charge in [0, 0.05) is 18.7 Å². The van der Waals surface area contributed by atoms with Gasteiger partial charge in [-0.25, -0.2) is 4.39 Å². The molecule has 0 aromatic heterocycles. The van der Waals surface area contributed by atoms with Gasteiger partial charge in [0.05, 0.1) is 18.4 Å². The van der Waals surface area contributed by atoms with Gasteiger partial charge in [-0.1, -0.05) is 0 Å². The van der Waals surface area contributed by atoms with Gasteiger partial charge >= 0.3 is 0 Å². The van der Waals surface area contributed by atoms with E-state index in [0.29, 0.717) is 11.8 Å². The Morgan fingerprint density at radius 1 is 1.38 bits per heavy atom. The summed E-state index contributed by atoms with van der Waals surface area (Å²) in [7, 11) is 1.57. The van der Waals surface area contributed by atoms with Crippen LogP contribution in [0.5, 0.6) is 5.75 Å². The molecule has 3 rings (SSSR count). The summed E-state index contributed by atoms with van der Waals surface area (Å²) >= 11 is 2.01. The molecule has 1 aromatic rings. The zero-order valence-corrected chi connectivity index (χ0v) is 13.2. The fourth-order valence-corrected chi connectivity index (χ4v) is 4.48. The third-order valence-electron chi connectivity index (χ3n) is 4.42. The van der Waals surface area contributed by atoms with Gasteiger partial charge < -0.3 is 14.8 Å². The normalized spacial score (nSPS) is 24.8. The Balaban J connectivity index is 1.70. The molecule has 2 aliphatic heterocycles. The molecule has 2 saturated heterocycles. The quantitative estimate of drug-likeness (QED) is 0.922. The van der Waals surface area contributed by atoms with Crippen molar-refractivity contribution in [1.29, 1.82) is 0 Å². The standard InChI is InChI=1S/C16H22FNO2S/c1-19-15-10-12(17)2-3-14(15)18-13-4-7-20-16(11-13)5-8-21-9-6-16/h2-3,10,13,18H,4-9,11H2,1H3. The molecular formula is C16H22FNO2S. The lowest BCUT2D eigenvalue weighted by molar-refractivity contribution is -0.0865. The van der Waals surface area contributed by atoms with Crippen LogP contribution >= 0.6 is 11.8 Å². The van der Waals surface area contributed by atoms with Crippen molar-refractivity contribution < 1.29 is 13.9 Å². The van der Waals surface area contributed by atoms with Gasteiger partial charge in [0.25, 0.3) is 0 Å². The number of hydrogen-bond donors (Lipinski definition) is 1. The van der Waals surface area contributed by atoms with E-state index in [0.717, 1.165) is 38.0 Å². The van der Waals surface area contributed by atoms with E-state index in [1.54, 1.807) is 13.2 Å². The van der Waals surface area contributed by atoms with Gasteiger partial charge in [0.15, 0.2) is 0 Å². The van der Waals surface area contributed by atoms with E-state index in [1.165, 1.54) is 23.6 Å². The predicted molar refractivity (Wildman–Crippen MR) is 84.8 cm³/mol. The maximum atomic E-state index is 13.3. The molecule has 2 aliphatic rings. The number of thioether (sulfide) groups is 1. The van der Waals surface area contributed by atoms with Crippen molar-refractivity contribution >= 4 is 17.4 Å². The van der Waals surface area contributed by atoms with Crippen LogP contribution in [0.3, 0.4) is 0 Å². The summed E-state index contributed by atoms with van der Waals surface area (Å²) in [5, 5.41) is 3.52. The van der Waals surface area contributed by atoms with Crippen LogP contribution in [-0.2, 0) is 4.74 Å². The minimum atomic E-state index is -0.273. The first-order valence-corrected chi connectivity index (χ1v) is 8.68. The van der Waals surface area contributed by atoms with Crippen molar-refractivity contribution in [2.75, 3.05) is 30.5 Å². The van der Waals surface area contributed by atoms with Crippen molar-refractivity contribution in [2.45, 2.75) is 37.3 Å². The van der Waals surface area contributed by atoms with E-state index in [4.69, 9.17) is 9.47 Å². The second-order valence-electron chi connectivity index (χ2n) is 5.82. The summed E-state index contributed by atoms with van der Waals surface area (Å²) in [6.07, 6.45) is 4.27. The van der Waals surface area contributed by atoms with Crippen molar-refractivity contribution in [2.24, 2.45) is 0 Å². The molecule has 2 fully saturated rings. The average Bonchev–Trinajstić information content (AvgIpc) is 2.50. The van der Waals surface area contributed by atoms with Gasteiger partial charge in [0.1, 0.15) is 11.6 Å². The topological polar surface area (TPSA) is 30.5 Å². The molecule has 1 N–H and O–H groups in total. The molecule has 0 aliphatic carbocycles. The van der Waals surface area contributed by atoms with Gasteiger partial charge in [-0.15, -0.1) is 0 Å². The lowest BCUT2D eigenvalue weighted by Gasteiger charge is -2.43. The summed E-state index contributed by atoms with van der Waals surface area (Å²) < 4.78 is 24.6. The van der Waals surface area contributed by atoms with Crippen LogP contribution in [0.15, 0.2) is 18.2 Å². The first-order chi connectivity index (χ1) is 10.2. The fourth-order valence-electron chi connectivity index (χ4n) is 3.25. The third-order valence-corrected chi connectivity index (χ3v) is 5.41. The predicted octanol–water partition coefficient (Wildman–Crippen LogP) is 3.69. The summed E-state index contributed by atoms with van der Waals surface area (Å²) in [6, 6.07) is 5.01. The van der Waals surface area contributed by atoms with E-state index in [-0.39, 0.29) is 11.4 Å². The Labute approximate surface area is 129 Å². The Bertz CT molecular complexity index is 486. The van der Waals surface area contributed by atoms with E-state index < -0.39 is 0 Å².